The van der Waals surface area contributed by atoms with E-state index < -0.39 is 15.9 Å². The van der Waals surface area contributed by atoms with Crippen molar-refractivity contribution < 1.29 is 13.2 Å². The molecule has 2 aromatic carbocycles. The molecule has 6 heteroatoms. The number of benzene rings is 2. The number of carbonyl (C=O) groups is 1. The summed E-state index contributed by atoms with van der Waals surface area (Å²) < 4.78 is 26.0. The molecule has 0 bridgehead atoms. The van der Waals surface area contributed by atoms with Crippen molar-refractivity contribution in [3.63, 3.8) is 0 Å². The molecule has 2 aromatic rings. The summed E-state index contributed by atoms with van der Waals surface area (Å²) >= 11 is 0. The number of amides is 1. The Morgan fingerprint density at radius 1 is 1.05 bits per heavy atom. The van der Waals surface area contributed by atoms with E-state index in [0.717, 1.165) is 11.1 Å². The van der Waals surface area contributed by atoms with E-state index in [-0.39, 0.29) is 12.3 Å². The fraction of sp³-hybridized carbons (Fsp3) is 0.188. The van der Waals surface area contributed by atoms with Crippen molar-refractivity contribution in [3.8, 4) is 0 Å². The standard InChI is InChI=1S/C16H18N2O3S/c1-18(11-14-8-5-9-15(10-14)16(17)19)22(20,21)12-13-6-3-2-4-7-13/h2-10H,11-12H2,1H3,(H2,17,19). The van der Waals surface area contributed by atoms with Crippen LogP contribution >= 0.6 is 0 Å². The molecule has 0 aromatic heterocycles. The summed E-state index contributed by atoms with van der Waals surface area (Å²) in [5, 5.41) is 0. The molecule has 0 aliphatic heterocycles. The van der Waals surface area contributed by atoms with Crippen LogP contribution in [0.25, 0.3) is 0 Å². The Morgan fingerprint density at radius 2 is 1.68 bits per heavy atom. The first kappa shape index (κ1) is 16.2. The van der Waals surface area contributed by atoms with Gasteiger partial charge in [0.25, 0.3) is 0 Å². The van der Waals surface area contributed by atoms with Crippen molar-refractivity contribution in [2.45, 2.75) is 12.3 Å². The highest BCUT2D eigenvalue weighted by Gasteiger charge is 2.19. The molecular weight excluding hydrogens is 300 g/mol. The Bertz CT molecular complexity index is 758. The van der Waals surface area contributed by atoms with Crippen LogP contribution in [0.2, 0.25) is 0 Å². The van der Waals surface area contributed by atoms with Gasteiger partial charge in [0.2, 0.25) is 15.9 Å². The first-order valence-electron chi connectivity index (χ1n) is 6.75. The Balaban J connectivity index is 2.12. The number of nitrogens with two attached hydrogens (primary N) is 1. The predicted molar refractivity (Wildman–Crippen MR) is 85.5 cm³/mol. The van der Waals surface area contributed by atoms with Gasteiger partial charge in [-0.15, -0.1) is 0 Å². The Labute approximate surface area is 130 Å². The third-order valence-electron chi connectivity index (χ3n) is 3.28. The Morgan fingerprint density at radius 3 is 2.32 bits per heavy atom. The van der Waals surface area contributed by atoms with Crippen molar-refractivity contribution in [1.82, 2.24) is 4.31 Å². The zero-order valence-corrected chi connectivity index (χ0v) is 13.1. The molecule has 1 amide bonds. The van der Waals surface area contributed by atoms with Crippen LogP contribution in [0.5, 0.6) is 0 Å². The largest absolute Gasteiger partial charge is 0.366 e. The van der Waals surface area contributed by atoms with Crippen LogP contribution in [0.15, 0.2) is 54.6 Å². The average Bonchev–Trinajstić information content (AvgIpc) is 2.48. The third kappa shape index (κ3) is 4.16. The van der Waals surface area contributed by atoms with E-state index >= 15 is 0 Å². The van der Waals surface area contributed by atoms with E-state index in [1.807, 2.05) is 6.07 Å². The van der Waals surface area contributed by atoms with Gasteiger partial charge in [0.1, 0.15) is 0 Å². The summed E-state index contributed by atoms with van der Waals surface area (Å²) in [7, 11) is -1.90. The molecular formula is C16H18N2O3S. The van der Waals surface area contributed by atoms with Crippen molar-refractivity contribution >= 4 is 15.9 Å². The van der Waals surface area contributed by atoms with E-state index in [1.54, 1.807) is 48.5 Å². The fourth-order valence-corrected chi connectivity index (χ4v) is 3.25. The number of nitrogens with zero attached hydrogens (tertiary/aromatic N) is 1. The number of sulfonamides is 1. The SMILES string of the molecule is CN(Cc1cccc(C(N)=O)c1)S(=O)(=O)Cc1ccccc1. The van der Waals surface area contributed by atoms with Gasteiger partial charge in [-0.25, -0.2) is 12.7 Å². The van der Waals surface area contributed by atoms with E-state index in [2.05, 4.69) is 0 Å². The van der Waals surface area contributed by atoms with Gasteiger partial charge in [-0.05, 0) is 23.3 Å². The molecule has 2 N–H and O–H groups in total. The first-order chi connectivity index (χ1) is 10.4. The molecule has 0 unspecified atom stereocenters. The second kappa shape index (κ2) is 6.72. The van der Waals surface area contributed by atoms with Gasteiger partial charge in [0.15, 0.2) is 0 Å². The summed E-state index contributed by atoms with van der Waals surface area (Å²) in [6, 6.07) is 15.7. The van der Waals surface area contributed by atoms with Gasteiger partial charge in [-0.3, -0.25) is 4.79 Å². The third-order valence-corrected chi connectivity index (χ3v) is 5.06. The normalized spacial score (nSPS) is 11.5. The lowest BCUT2D eigenvalue weighted by Gasteiger charge is -2.17. The van der Waals surface area contributed by atoms with E-state index in [9.17, 15) is 13.2 Å². The van der Waals surface area contributed by atoms with Crippen LogP contribution in [-0.4, -0.2) is 25.7 Å². The second-order valence-electron chi connectivity index (χ2n) is 5.06. The van der Waals surface area contributed by atoms with Crippen molar-refractivity contribution in [1.29, 1.82) is 0 Å². The topological polar surface area (TPSA) is 80.5 Å². The lowest BCUT2D eigenvalue weighted by molar-refractivity contribution is 0.1000. The molecule has 0 radical (unpaired) electrons. The summed E-state index contributed by atoms with van der Waals surface area (Å²) in [5.74, 6) is -0.587. The maximum Gasteiger partial charge on any atom is 0.248 e. The number of hydrogen-bond acceptors (Lipinski definition) is 3. The minimum Gasteiger partial charge on any atom is -0.366 e. The molecule has 0 fully saturated rings. The quantitative estimate of drug-likeness (QED) is 0.881. The zero-order valence-electron chi connectivity index (χ0n) is 12.3. The van der Waals surface area contributed by atoms with Crippen molar-refractivity contribution in [2.24, 2.45) is 5.73 Å². The van der Waals surface area contributed by atoms with Gasteiger partial charge in [0.05, 0.1) is 5.75 Å². The molecule has 0 spiro atoms. The van der Waals surface area contributed by atoms with E-state index in [1.165, 1.54) is 11.4 Å². The molecule has 22 heavy (non-hydrogen) atoms. The summed E-state index contributed by atoms with van der Waals surface area (Å²) in [6.45, 7) is 0.191. The molecule has 0 aliphatic carbocycles. The first-order valence-corrected chi connectivity index (χ1v) is 8.36. The highest BCUT2D eigenvalue weighted by Crippen LogP contribution is 2.13. The van der Waals surface area contributed by atoms with Gasteiger partial charge in [0, 0.05) is 19.2 Å². The molecule has 0 atom stereocenters. The zero-order chi connectivity index (χ0) is 16.2. The van der Waals surface area contributed by atoms with Gasteiger partial charge in [-0.1, -0.05) is 42.5 Å². The van der Waals surface area contributed by atoms with Crippen LogP contribution < -0.4 is 5.73 Å². The van der Waals surface area contributed by atoms with Crippen LogP contribution in [0.4, 0.5) is 0 Å². The molecule has 0 aliphatic rings. The second-order valence-corrected chi connectivity index (χ2v) is 7.14. The summed E-state index contributed by atoms with van der Waals surface area (Å²) in [4.78, 5) is 11.2. The predicted octanol–water partition coefficient (Wildman–Crippen LogP) is 1.75. The molecule has 0 saturated carbocycles. The van der Waals surface area contributed by atoms with Crippen LogP contribution in [0.1, 0.15) is 21.5 Å². The number of hydrogen-bond donors (Lipinski definition) is 1. The lowest BCUT2D eigenvalue weighted by Crippen LogP contribution is -2.27. The monoisotopic (exact) mass is 318 g/mol. The number of primary amides is 1. The summed E-state index contributed by atoms with van der Waals surface area (Å²) in [6.07, 6.45) is 0. The molecule has 116 valence electrons. The maximum absolute atomic E-state index is 12.4. The van der Waals surface area contributed by atoms with Crippen molar-refractivity contribution in [3.05, 3.63) is 71.3 Å². The van der Waals surface area contributed by atoms with Crippen LogP contribution in [0.3, 0.4) is 0 Å². The Kier molecular flexibility index (Phi) is 4.95. The fourth-order valence-electron chi connectivity index (χ4n) is 2.07. The minimum atomic E-state index is -3.43. The Hall–Kier alpha value is -2.18. The molecule has 0 saturated heterocycles. The highest BCUT2D eigenvalue weighted by molar-refractivity contribution is 7.88. The molecule has 0 heterocycles. The number of carbonyl (C=O) groups excluding carboxylic acids is 1. The van der Waals surface area contributed by atoms with Gasteiger partial charge >= 0.3 is 0 Å². The average molecular weight is 318 g/mol. The maximum atomic E-state index is 12.4. The van der Waals surface area contributed by atoms with E-state index in [4.69, 9.17) is 5.73 Å². The lowest BCUT2D eigenvalue weighted by atomic mass is 10.1. The van der Waals surface area contributed by atoms with Gasteiger partial charge in [-0.2, -0.15) is 0 Å². The molecule has 2 rings (SSSR count). The molecule has 5 nitrogen and oxygen atoms in total. The smallest absolute Gasteiger partial charge is 0.248 e. The summed E-state index contributed by atoms with van der Waals surface area (Å²) in [5.41, 5.74) is 7.05. The van der Waals surface area contributed by atoms with Crippen molar-refractivity contribution in [2.75, 3.05) is 7.05 Å². The highest BCUT2D eigenvalue weighted by atomic mass is 32.2. The van der Waals surface area contributed by atoms with E-state index in [0.29, 0.717) is 5.56 Å². The van der Waals surface area contributed by atoms with Gasteiger partial charge < -0.3 is 5.73 Å². The number of rotatable bonds is 6. The van der Waals surface area contributed by atoms with Crippen LogP contribution in [-0.2, 0) is 22.3 Å². The van der Waals surface area contributed by atoms with Crippen LogP contribution in [0, 0.1) is 0 Å². The minimum absolute atomic E-state index is 0.0557.